The summed E-state index contributed by atoms with van der Waals surface area (Å²) in [7, 11) is 0. The Hall–Kier alpha value is -1.62. The number of hydrogen-bond donors (Lipinski definition) is 1. The van der Waals surface area contributed by atoms with Crippen molar-refractivity contribution in [3.05, 3.63) is 24.5 Å². The number of furan rings is 1. The summed E-state index contributed by atoms with van der Waals surface area (Å²) in [6.07, 6.45) is 3.36. The van der Waals surface area contributed by atoms with Gasteiger partial charge in [-0.2, -0.15) is 4.98 Å². The van der Waals surface area contributed by atoms with E-state index in [9.17, 15) is 5.11 Å². The molecular formula is C11H14N2O3. The minimum atomic E-state index is -0.498. The van der Waals surface area contributed by atoms with Crippen molar-refractivity contribution in [3.63, 3.8) is 0 Å². The molecule has 0 aromatic carbocycles. The van der Waals surface area contributed by atoms with Gasteiger partial charge in [0.15, 0.2) is 0 Å². The van der Waals surface area contributed by atoms with Crippen molar-refractivity contribution < 1.29 is 14.0 Å². The number of nitrogens with zero attached hydrogens (tertiary/aromatic N) is 2. The van der Waals surface area contributed by atoms with Gasteiger partial charge in [-0.05, 0) is 19.4 Å². The molecule has 0 saturated heterocycles. The minimum absolute atomic E-state index is 0.117. The van der Waals surface area contributed by atoms with Gasteiger partial charge in [0.2, 0.25) is 11.7 Å². The SMILES string of the molecule is CCC(c1nc(-c2ccoc2)no1)C(C)O. The molecule has 86 valence electrons. The van der Waals surface area contributed by atoms with E-state index in [4.69, 9.17) is 8.94 Å². The average Bonchev–Trinajstić information content (AvgIpc) is 2.86. The third-order valence-corrected chi connectivity index (χ3v) is 2.56. The number of aromatic nitrogens is 2. The van der Waals surface area contributed by atoms with Crippen LogP contribution < -0.4 is 0 Å². The van der Waals surface area contributed by atoms with E-state index in [1.807, 2.05) is 6.92 Å². The van der Waals surface area contributed by atoms with Crippen molar-refractivity contribution in [1.82, 2.24) is 10.1 Å². The molecular weight excluding hydrogens is 208 g/mol. The monoisotopic (exact) mass is 222 g/mol. The second kappa shape index (κ2) is 4.49. The zero-order valence-corrected chi connectivity index (χ0v) is 9.25. The van der Waals surface area contributed by atoms with E-state index in [0.717, 1.165) is 12.0 Å². The Labute approximate surface area is 93.1 Å². The van der Waals surface area contributed by atoms with Crippen molar-refractivity contribution in [3.8, 4) is 11.4 Å². The highest BCUT2D eigenvalue weighted by Gasteiger charge is 2.22. The number of hydrogen-bond acceptors (Lipinski definition) is 5. The number of aliphatic hydroxyl groups is 1. The largest absolute Gasteiger partial charge is 0.472 e. The lowest BCUT2D eigenvalue weighted by atomic mass is 10.0. The summed E-state index contributed by atoms with van der Waals surface area (Å²) in [5.74, 6) is 0.838. The molecule has 0 amide bonds. The lowest BCUT2D eigenvalue weighted by Crippen LogP contribution is -2.13. The van der Waals surface area contributed by atoms with Crippen LogP contribution >= 0.6 is 0 Å². The molecule has 0 radical (unpaired) electrons. The third-order valence-electron chi connectivity index (χ3n) is 2.56. The van der Waals surface area contributed by atoms with E-state index in [0.29, 0.717) is 11.7 Å². The molecule has 0 bridgehead atoms. The van der Waals surface area contributed by atoms with Gasteiger partial charge in [0.05, 0.1) is 23.8 Å². The molecule has 0 aliphatic heterocycles. The van der Waals surface area contributed by atoms with Gasteiger partial charge in [0.25, 0.3) is 0 Å². The van der Waals surface area contributed by atoms with Crippen LogP contribution in [0.2, 0.25) is 0 Å². The Morgan fingerprint density at radius 2 is 2.31 bits per heavy atom. The molecule has 2 unspecified atom stereocenters. The lowest BCUT2D eigenvalue weighted by Gasteiger charge is -2.12. The maximum atomic E-state index is 9.56. The van der Waals surface area contributed by atoms with E-state index < -0.39 is 6.10 Å². The Morgan fingerprint density at radius 1 is 1.50 bits per heavy atom. The molecule has 5 heteroatoms. The topological polar surface area (TPSA) is 72.3 Å². The first-order valence-corrected chi connectivity index (χ1v) is 5.26. The first-order valence-electron chi connectivity index (χ1n) is 5.26. The highest BCUT2D eigenvalue weighted by molar-refractivity contribution is 5.51. The van der Waals surface area contributed by atoms with Gasteiger partial charge in [-0.1, -0.05) is 12.1 Å². The second-order valence-electron chi connectivity index (χ2n) is 3.72. The van der Waals surface area contributed by atoms with Crippen LogP contribution in [0.25, 0.3) is 11.4 Å². The van der Waals surface area contributed by atoms with Crippen LogP contribution in [0.4, 0.5) is 0 Å². The van der Waals surface area contributed by atoms with Gasteiger partial charge in [0.1, 0.15) is 6.26 Å². The van der Waals surface area contributed by atoms with Crippen molar-refractivity contribution in [2.75, 3.05) is 0 Å². The molecule has 2 atom stereocenters. The van der Waals surface area contributed by atoms with Crippen LogP contribution in [-0.4, -0.2) is 21.4 Å². The number of aliphatic hydroxyl groups excluding tert-OH is 1. The minimum Gasteiger partial charge on any atom is -0.472 e. The highest BCUT2D eigenvalue weighted by atomic mass is 16.5. The Kier molecular flexibility index (Phi) is 3.05. The van der Waals surface area contributed by atoms with Gasteiger partial charge in [0, 0.05) is 0 Å². The maximum absolute atomic E-state index is 9.56. The Bertz CT molecular complexity index is 434. The first-order chi connectivity index (χ1) is 7.72. The summed E-state index contributed by atoms with van der Waals surface area (Å²) in [6.45, 7) is 3.69. The van der Waals surface area contributed by atoms with Crippen LogP contribution in [0.1, 0.15) is 32.1 Å². The third kappa shape index (κ3) is 1.99. The van der Waals surface area contributed by atoms with Gasteiger partial charge in [-0.25, -0.2) is 0 Å². The van der Waals surface area contributed by atoms with E-state index in [1.54, 1.807) is 25.5 Å². The summed E-state index contributed by atoms with van der Waals surface area (Å²) in [5, 5.41) is 13.4. The van der Waals surface area contributed by atoms with Crippen LogP contribution in [0.5, 0.6) is 0 Å². The molecule has 0 aliphatic carbocycles. The normalized spacial score (nSPS) is 14.9. The molecule has 0 saturated carbocycles. The van der Waals surface area contributed by atoms with Crippen LogP contribution in [0.15, 0.2) is 27.5 Å². The Balaban J connectivity index is 2.25. The predicted molar refractivity (Wildman–Crippen MR) is 56.7 cm³/mol. The molecule has 0 spiro atoms. The molecule has 16 heavy (non-hydrogen) atoms. The lowest BCUT2D eigenvalue weighted by molar-refractivity contribution is 0.141. The zero-order valence-electron chi connectivity index (χ0n) is 9.25. The summed E-state index contributed by atoms with van der Waals surface area (Å²) in [4.78, 5) is 4.25. The second-order valence-corrected chi connectivity index (χ2v) is 3.72. The molecule has 5 nitrogen and oxygen atoms in total. The van der Waals surface area contributed by atoms with Gasteiger partial charge < -0.3 is 14.0 Å². The molecule has 2 aromatic heterocycles. The van der Waals surface area contributed by atoms with Gasteiger partial charge in [-0.3, -0.25) is 0 Å². The van der Waals surface area contributed by atoms with E-state index in [-0.39, 0.29) is 5.92 Å². The molecule has 2 heterocycles. The van der Waals surface area contributed by atoms with Crippen molar-refractivity contribution in [2.45, 2.75) is 32.3 Å². The molecule has 0 fully saturated rings. The van der Waals surface area contributed by atoms with Gasteiger partial charge in [-0.15, -0.1) is 0 Å². The first kappa shape index (κ1) is 10.9. The average molecular weight is 222 g/mol. The fourth-order valence-corrected chi connectivity index (χ4v) is 1.62. The standard InChI is InChI=1S/C11H14N2O3/c1-3-9(7(2)14)11-12-10(13-16-11)8-4-5-15-6-8/h4-7,9,14H,3H2,1-2H3. The van der Waals surface area contributed by atoms with Crippen LogP contribution in [0.3, 0.4) is 0 Å². The van der Waals surface area contributed by atoms with E-state index in [1.165, 1.54) is 0 Å². The van der Waals surface area contributed by atoms with Crippen molar-refractivity contribution in [2.24, 2.45) is 0 Å². The fraction of sp³-hybridized carbons (Fsp3) is 0.455. The van der Waals surface area contributed by atoms with Crippen molar-refractivity contribution in [1.29, 1.82) is 0 Å². The van der Waals surface area contributed by atoms with Crippen LogP contribution in [0, 0.1) is 0 Å². The predicted octanol–water partition coefficient (Wildman–Crippen LogP) is 2.20. The van der Waals surface area contributed by atoms with Crippen LogP contribution in [-0.2, 0) is 0 Å². The fourth-order valence-electron chi connectivity index (χ4n) is 1.62. The summed E-state index contributed by atoms with van der Waals surface area (Å²) < 4.78 is 10.1. The summed E-state index contributed by atoms with van der Waals surface area (Å²) in [6, 6.07) is 1.76. The summed E-state index contributed by atoms with van der Waals surface area (Å²) >= 11 is 0. The molecule has 1 N–H and O–H groups in total. The molecule has 2 rings (SSSR count). The quantitative estimate of drug-likeness (QED) is 0.858. The van der Waals surface area contributed by atoms with E-state index in [2.05, 4.69) is 10.1 Å². The molecule has 2 aromatic rings. The number of rotatable bonds is 4. The zero-order chi connectivity index (χ0) is 11.5. The summed E-state index contributed by atoms with van der Waals surface area (Å²) in [5.41, 5.74) is 0.774. The van der Waals surface area contributed by atoms with Crippen molar-refractivity contribution >= 4 is 0 Å². The van der Waals surface area contributed by atoms with E-state index >= 15 is 0 Å². The molecule has 0 aliphatic rings. The maximum Gasteiger partial charge on any atom is 0.232 e. The van der Waals surface area contributed by atoms with Gasteiger partial charge >= 0.3 is 0 Å². The highest BCUT2D eigenvalue weighted by Crippen LogP contribution is 2.24. The smallest absolute Gasteiger partial charge is 0.232 e. The Morgan fingerprint density at radius 3 is 2.88 bits per heavy atom.